The molecule has 0 heterocycles. The highest BCUT2D eigenvalue weighted by molar-refractivity contribution is 9.09. The first-order valence-corrected chi connectivity index (χ1v) is 6.58. The largest absolute Gasteiger partial charge is 0.493 e. The molecule has 0 aromatic heterocycles. The van der Waals surface area contributed by atoms with Crippen LogP contribution in [-0.2, 0) is 4.74 Å². The maximum atomic E-state index is 5.67. The second-order valence-electron chi connectivity index (χ2n) is 3.69. The second kappa shape index (κ2) is 8.37. The number of halogens is 1. The molecule has 0 radical (unpaired) electrons. The van der Waals surface area contributed by atoms with Gasteiger partial charge in [-0.1, -0.05) is 28.1 Å². The third-order valence-electron chi connectivity index (χ3n) is 2.34. The molecule has 1 aromatic carbocycles. The van der Waals surface area contributed by atoms with E-state index in [1.165, 1.54) is 0 Å². The summed E-state index contributed by atoms with van der Waals surface area (Å²) in [4.78, 5) is 0.397. The average Bonchev–Trinajstić information content (AvgIpc) is 2.35. The molecule has 0 N–H and O–H groups in total. The molecule has 1 atom stereocenters. The molecule has 0 bridgehead atoms. The van der Waals surface area contributed by atoms with Crippen LogP contribution in [0.3, 0.4) is 0 Å². The van der Waals surface area contributed by atoms with Crippen molar-refractivity contribution in [3.8, 4) is 11.5 Å². The minimum Gasteiger partial charge on any atom is -0.493 e. The summed E-state index contributed by atoms with van der Waals surface area (Å²) in [7, 11) is 3.36. The van der Waals surface area contributed by atoms with Crippen molar-refractivity contribution in [1.29, 1.82) is 0 Å². The molecule has 0 aliphatic heterocycles. The number of alkyl halides is 1. The molecule has 0 aliphatic carbocycles. The summed E-state index contributed by atoms with van der Waals surface area (Å²) >= 11 is 3.55. The molecule has 1 unspecified atom stereocenters. The molecular formula is C13H19BrO3. The number of rotatable bonds is 8. The number of methoxy groups -OCH3 is 2. The Hall–Kier alpha value is -0.740. The van der Waals surface area contributed by atoms with Crippen LogP contribution >= 0.6 is 15.9 Å². The van der Waals surface area contributed by atoms with Crippen molar-refractivity contribution >= 4 is 15.9 Å². The van der Waals surface area contributed by atoms with Crippen molar-refractivity contribution in [3.63, 3.8) is 0 Å². The summed E-state index contributed by atoms with van der Waals surface area (Å²) in [6, 6.07) is 7.68. The molecule has 17 heavy (non-hydrogen) atoms. The van der Waals surface area contributed by atoms with Crippen molar-refractivity contribution in [2.24, 2.45) is 0 Å². The maximum absolute atomic E-state index is 5.67. The van der Waals surface area contributed by atoms with E-state index < -0.39 is 0 Å². The highest BCUT2D eigenvalue weighted by Crippen LogP contribution is 2.25. The summed E-state index contributed by atoms with van der Waals surface area (Å²) < 4.78 is 15.9. The average molecular weight is 303 g/mol. The van der Waals surface area contributed by atoms with Crippen LogP contribution in [0.15, 0.2) is 24.3 Å². The zero-order valence-corrected chi connectivity index (χ0v) is 11.9. The Kier molecular flexibility index (Phi) is 7.05. The van der Waals surface area contributed by atoms with Crippen LogP contribution in [0.25, 0.3) is 0 Å². The zero-order chi connectivity index (χ0) is 12.5. The quantitative estimate of drug-likeness (QED) is 0.545. The van der Waals surface area contributed by atoms with E-state index >= 15 is 0 Å². The summed E-state index contributed by atoms with van der Waals surface area (Å²) in [5, 5.41) is 0. The Bertz CT molecular complexity index is 317. The second-order valence-corrected chi connectivity index (χ2v) is 4.99. The van der Waals surface area contributed by atoms with Gasteiger partial charge in [0.15, 0.2) is 11.5 Å². The van der Waals surface area contributed by atoms with Crippen molar-refractivity contribution in [3.05, 3.63) is 24.3 Å². The Balaban J connectivity index is 2.26. The fourth-order valence-electron chi connectivity index (χ4n) is 1.49. The van der Waals surface area contributed by atoms with E-state index in [0.717, 1.165) is 30.9 Å². The molecule has 0 saturated carbocycles. The summed E-state index contributed by atoms with van der Waals surface area (Å²) in [6.45, 7) is 1.42. The molecule has 1 aromatic rings. The minimum atomic E-state index is 0.397. The minimum absolute atomic E-state index is 0.397. The van der Waals surface area contributed by atoms with Crippen LogP contribution in [-0.4, -0.2) is 32.3 Å². The normalized spacial score (nSPS) is 12.2. The van der Waals surface area contributed by atoms with Crippen molar-refractivity contribution < 1.29 is 14.2 Å². The van der Waals surface area contributed by atoms with Crippen LogP contribution in [0, 0.1) is 0 Å². The molecule has 4 heteroatoms. The topological polar surface area (TPSA) is 27.7 Å². The fraction of sp³-hybridized carbons (Fsp3) is 0.538. The Labute approximate surface area is 111 Å². The van der Waals surface area contributed by atoms with E-state index in [9.17, 15) is 0 Å². The van der Waals surface area contributed by atoms with Gasteiger partial charge in [0.2, 0.25) is 0 Å². The first-order valence-electron chi connectivity index (χ1n) is 5.66. The van der Waals surface area contributed by atoms with E-state index in [0.29, 0.717) is 11.4 Å². The first-order chi connectivity index (χ1) is 8.27. The van der Waals surface area contributed by atoms with E-state index in [-0.39, 0.29) is 0 Å². The van der Waals surface area contributed by atoms with Gasteiger partial charge in [0.1, 0.15) is 0 Å². The van der Waals surface area contributed by atoms with E-state index in [2.05, 4.69) is 15.9 Å². The van der Waals surface area contributed by atoms with E-state index in [4.69, 9.17) is 14.2 Å². The molecular weight excluding hydrogens is 284 g/mol. The summed E-state index contributed by atoms with van der Waals surface area (Å²) in [5.41, 5.74) is 0. The van der Waals surface area contributed by atoms with Crippen LogP contribution in [0.5, 0.6) is 11.5 Å². The monoisotopic (exact) mass is 302 g/mol. The molecule has 3 nitrogen and oxygen atoms in total. The van der Waals surface area contributed by atoms with Gasteiger partial charge in [-0.05, 0) is 25.0 Å². The molecule has 0 aliphatic rings. The summed E-state index contributed by atoms with van der Waals surface area (Å²) in [5.74, 6) is 1.58. The third kappa shape index (κ3) is 5.41. The number of hydrogen-bond donors (Lipinski definition) is 0. The van der Waals surface area contributed by atoms with Gasteiger partial charge in [-0.15, -0.1) is 0 Å². The fourth-order valence-corrected chi connectivity index (χ4v) is 2.08. The Morgan fingerprint density at radius 3 is 2.53 bits per heavy atom. The van der Waals surface area contributed by atoms with Crippen molar-refractivity contribution in [2.45, 2.75) is 17.7 Å². The first kappa shape index (κ1) is 14.3. The number of ether oxygens (including phenoxy) is 3. The van der Waals surface area contributed by atoms with Gasteiger partial charge in [0.25, 0.3) is 0 Å². The van der Waals surface area contributed by atoms with E-state index in [1.807, 2.05) is 24.3 Å². The van der Waals surface area contributed by atoms with Crippen molar-refractivity contribution in [1.82, 2.24) is 0 Å². The van der Waals surface area contributed by atoms with Crippen LogP contribution < -0.4 is 9.47 Å². The van der Waals surface area contributed by atoms with Gasteiger partial charge >= 0.3 is 0 Å². The van der Waals surface area contributed by atoms with Gasteiger partial charge in [0.05, 0.1) is 20.3 Å². The predicted octanol–water partition coefficient (Wildman–Crippen LogP) is 3.26. The molecule has 0 amide bonds. The smallest absolute Gasteiger partial charge is 0.161 e. The zero-order valence-electron chi connectivity index (χ0n) is 10.3. The van der Waals surface area contributed by atoms with Gasteiger partial charge < -0.3 is 14.2 Å². The predicted molar refractivity (Wildman–Crippen MR) is 72.3 cm³/mol. The number of para-hydroxylation sites is 2. The lowest BCUT2D eigenvalue weighted by atomic mass is 10.2. The lowest BCUT2D eigenvalue weighted by Gasteiger charge is -2.11. The maximum Gasteiger partial charge on any atom is 0.161 e. The van der Waals surface area contributed by atoms with Crippen molar-refractivity contribution in [2.75, 3.05) is 27.4 Å². The highest BCUT2D eigenvalue weighted by atomic mass is 79.9. The molecule has 1 rings (SSSR count). The SMILES string of the molecule is COCC(Br)CCCOc1ccccc1OC. The molecule has 0 fully saturated rings. The standard InChI is InChI=1S/C13H19BrO3/c1-15-10-11(14)6-5-9-17-13-8-4-3-7-12(13)16-2/h3-4,7-8,11H,5-6,9-10H2,1-2H3. The van der Waals surface area contributed by atoms with Gasteiger partial charge in [-0.3, -0.25) is 0 Å². The Morgan fingerprint density at radius 1 is 1.18 bits per heavy atom. The van der Waals surface area contributed by atoms with E-state index in [1.54, 1.807) is 14.2 Å². The van der Waals surface area contributed by atoms with Gasteiger partial charge in [-0.2, -0.15) is 0 Å². The molecule has 0 saturated heterocycles. The third-order valence-corrected chi connectivity index (χ3v) is 3.06. The summed E-state index contributed by atoms with van der Waals surface area (Å²) in [6.07, 6.45) is 2.01. The van der Waals surface area contributed by atoms with Crippen LogP contribution in [0.2, 0.25) is 0 Å². The van der Waals surface area contributed by atoms with Crippen LogP contribution in [0.1, 0.15) is 12.8 Å². The lowest BCUT2D eigenvalue weighted by Crippen LogP contribution is -2.09. The highest BCUT2D eigenvalue weighted by Gasteiger charge is 2.05. The lowest BCUT2D eigenvalue weighted by molar-refractivity contribution is 0.194. The van der Waals surface area contributed by atoms with Crippen LogP contribution in [0.4, 0.5) is 0 Å². The van der Waals surface area contributed by atoms with Gasteiger partial charge in [-0.25, -0.2) is 0 Å². The number of benzene rings is 1. The number of hydrogen-bond acceptors (Lipinski definition) is 3. The van der Waals surface area contributed by atoms with Gasteiger partial charge in [0, 0.05) is 11.9 Å². The Morgan fingerprint density at radius 2 is 1.88 bits per heavy atom. The molecule has 96 valence electrons. The molecule has 0 spiro atoms.